The standard InChI is InChI=1S/C14H14BrNO/c1-8-6-4-5-7-11(8)14(17)13-9(2)12(15)10(3)16-13/h4-7,16H,1-3H3. The smallest absolute Gasteiger partial charge is 0.209 e. The Hall–Kier alpha value is -1.35. The van der Waals surface area contributed by atoms with Crippen LogP contribution in [0.3, 0.4) is 0 Å². The van der Waals surface area contributed by atoms with Crippen molar-refractivity contribution in [2.24, 2.45) is 0 Å². The van der Waals surface area contributed by atoms with Gasteiger partial charge in [-0.1, -0.05) is 24.3 Å². The van der Waals surface area contributed by atoms with Crippen molar-refractivity contribution in [3.05, 3.63) is 56.8 Å². The Labute approximate surface area is 109 Å². The van der Waals surface area contributed by atoms with Crippen molar-refractivity contribution in [2.75, 3.05) is 0 Å². The third-order valence-electron chi connectivity index (χ3n) is 2.96. The van der Waals surface area contributed by atoms with Crippen molar-refractivity contribution < 1.29 is 4.79 Å². The molecule has 0 fully saturated rings. The number of ketones is 1. The largest absolute Gasteiger partial charge is 0.355 e. The topological polar surface area (TPSA) is 32.9 Å². The molecular weight excluding hydrogens is 278 g/mol. The number of carbonyl (C=O) groups excluding carboxylic acids is 1. The Bertz CT molecular complexity index is 584. The fraction of sp³-hybridized carbons (Fsp3) is 0.214. The minimum absolute atomic E-state index is 0.0504. The first-order valence-electron chi connectivity index (χ1n) is 5.47. The van der Waals surface area contributed by atoms with Gasteiger partial charge in [0, 0.05) is 15.7 Å². The van der Waals surface area contributed by atoms with Gasteiger partial charge in [0.05, 0.1) is 5.69 Å². The van der Waals surface area contributed by atoms with Crippen LogP contribution in [0.1, 0.15) is 32.9 Å². The summed E-state index contributed by atoms with van der Waals surface area (Å²) in [5.74, 6) is 0.0504. The van der Waals surface area contributed by atoms with E-state index < -0.39 is 0 Å². The van der Waals surface area contributed by atoms with Gasteiger partial charge in [0.1, 0.15) is 0 Å². The van der Waals surface area contributed by atoms with E-state index in [9.17, 15) is 4.79 Å². The van der Waals surface area contributed by atoms with E-state index in [1.807, 2.05) is 45.0 Å². The van der Waals surface area contributed by atoms with Crippen LogP contribution in [0.15, 0.2) is 28.7 Å². The Morgan fingerprint density at radius 3 is 2.35 bits per heavy atom. The molecule has 0 saturated carbocycles. The highest BCUT2D eigenvalue weighted by Gasteiger charge is 2.18. The maximum atomic E-state index is 12.4. The van der Waals surface area contributed by atoms with Crippen LogP contribution in [0.2, 0.25) is 0 Å². The summed E-state index contributed by atoms with van der Waals surface area (Å²) in [4.78, 5) is 15.5. The lowest BCUT2D eigenvalue weighted by Gasteiger charge is -2.04. The summed E-state index contributed by atoms with van der Waals surface area (Å²) >= 11 is 3.48. The summed E-state index contributed by atoms with van der Waals surface area (Å²) in [6.45, 7) is 5.85. The fourth-order valence-electron chi connectivity index (χ4n) is 1.92. The van der Waals surface area contributed by atoms with Crippen LogP contribution in [0.5, 0.6) is 0 Å². The number of hydrogen-bond donors (Lipinski definition) is 1. The van der Waals surface area contributed by atoms with E-state index in [1.54, 1.807) is 0 Å². The molecule has 1 heterocycles. The number of aryl methyl sites for hydroxylation is 2. The van der Waals surface area contributed by atoms with Crippen LogP contribution in [0.25, 0.3) is 0 Å². The van der Waals surface area contributed by atoms with Gasteiger partial charge in [0.25, 0.3) is 0 Å². The monoisotopic (exact) mass is 291 g/mol. The van der Waals surface area contributed by atoms with E-state index in [0.29, 0.717) is 5.69 Å². The van der Waals surface area contributed by atoms with Crippen molar-refractivity contribution in [2.45, 2.75) is 20.8 Å². The molecule has 2 aromatic rings. The number of carbonyl (C=O) groups is 1. The highest BCUT2D eigenvalue weighted by atomic mass is 79.9. The zero-order chi connectivity index (χ0) is 12.6. The maximum absolute atomic E-state index is 12.4. The Morgan fingerprint density at radius 1 is 1.18 bits per heavy atom. The molecule has 0 unspecified atom stereocenters. The van der Waals surface area contributed by atoms with Crippen LogP contribution in [-0.4, -0.2) is 10.8 Å². The number of hydrogen-bond acceptors (Lipinski definition) is 1. The summed E-state index contributed by atoms with van der Waals surface area (Å²) in [6.07, 6.45) is 0. The van der Waals surface area contributed by atoms with Crippen LogP contribution in [-0.2, 0) is 0 Å². The maximum Gasteiger partial charge on any atom is 0.209 e. The molecule has 2 rings (SSSR count). The number of aromatic nitrogens is 1. The zero-order valence-electron chi connectivity index (χ0n) is 10.1. The summed E-state index contributed by atoms with van der Waals surface area (Å²) < 4.78 is 0.981. The molecule has 0 aliphatic rings. The van der Waals surface area contributed by atoms with E-state index in [4.69, 9.17) is 0 Å². The van der Waals surface area contributed by atoms with Gasteiger partial charge < -0.3 is 4.98 Å². The van der Waals surface area contributed by atoms with Gasteiger partial charge in [-0.3, -0.25) is 4.79 Å². The van der Waals surface area contributed by atoms with Gasteiger partial charge in [0.15, 0.2) is 0 Å². The minimum Gasteiger partial charge on any atom is -0.355 e. The first kappa shape index (κ1) is 12.1. The van der Waals surface area contributed by atoms with Gasteiger partial charge >= 0.3 is 0 Å². The van der Waals surface area contributed by atoms with Crippen molar-refractivity contribution >= 4 is 21.7 Å². The zero-order valence-corrected chi connectivity index (χ0v) is 11.7. The highest BCUT2D eigenvalue weighted by molar-refractivity contribution is 9.10. The molecule has 17 heavy (non-hydrogen) atoms. The lowest BCUT2D eigenvalue weighted by molar-refractivity contribution is 0.103. The van der Waals surface area contributed by atoms with Crippen molar-refractivity contribution in [1.82, 2.24) is 4.98 Å². The normalized spacial score (nSPS) is 10.6. The second-order valence-electron chi connectivity index (χ2n) is 4.21. The lowest BCUT2D eigenvalue weighted by Crippen LogP contribution is -2.05. The number of halogens is 1. The van der Waals surface area contributed by atoms with E-state index in [2.05, 4.69) is 20.9 Å². The molecule has 88 valence electrons. The number of aromatic amines is 1. The summed E-state index contributed by atoms with van der Waals surface area (Å²) in [6, 6.07) is 7.64. The molecule has 0 atom stereocenters. The molecule has 2 nitrogen and oxygen atoms in total. The van der Waals surface area contributed by atoms with E-state index >= 15 is 0 Å². The highest BCUT2D eigenvalue weighted by Crippen LogP contribution is 2.26. The molecule has 0 aliphatic heterocycles. The van der Waals surface area contributed by atoms with Gasteiger partial charge in [-0.25, -0.2) is 0 Å². The Balaban J connectivity index is 2.52. The average molecular weight is 292 g/mol. The molecule has 1 N–H and O–H groups in total. The predicted octanol–water partition coefficient (Wildman–Crippen LogP) is 3.93. The number of rotatable bonds is 2. The van der Waals surface area contributed by atoms with Crippen molar-refractivity contribution in [3.8, 4) is 0 Å². The van der Waals surface area contributed by atoms with Gasteiger partial charge in [-0.15, -0.1) is 0 Å². The quantitative estimate of drug-likeness (QED) is 0.836. The number of nitrogens with one attached hydrogen (secondary N) is 1. The first-order valence-corrected chi connectivity index (χ1v) is 6.26. The number of H-pyrrole nitrogens is 1. The summed E-state index contributed by atoms with van der Waals surface area (Å²) in [5.41, 5.74) is 4.38. The second-order valence-corrected chi connectivity index (χ2v) is 5.00. The molecule has 1 aromatic carbocycles. The SMILES string of the molecule is Cc1ccccc1C(=O)c1[nH]c(C)c(Br)c1C. The summed E-state index contributed by atoms with van der Waals surface area (Å²) in [5, 5.41) is 0. The molecule has 0 spiro atoms. The van der Waals surface area contributed by atoms with Crippen molar-refractivity contribution in [3.63, 3.8) is 0 Å². The van der Waals surface area contributed by atoms with Crippen molar-refractivity contribution in [1.29, 1.82) is 0 Å². The minimum atomic E-state index is 0.0504. The van der Waals surface area contributed by atoms with E-state index in [1.165, 1.54) is 0 Å². The molecule has 0 saturated heterocycles. The fourth-order valence-corrected chi connectivity index (χ4v) is 2.21. The Morgan fingerprint density at radius 2 is 1.82 bits per heavy atom. The lowest BCUT2D eigenvalue weighted by atomic mass is 10.0. The van der Waals surface area contributed by atoms with Crippen LogP contribution < -0.4 is 0 Å². The van der Waals surface area contributed by atoms with Gasteiger partial charge in [0.2, 0.25) is 5.78 Å². The van der Waals surface area contributed by atoms with E-state index in [-0.39, 0.29) is 5.78 Å². The molecule has 0 bridgehead atoms. The van der Waals surface area contributed by atoms with Gasteiger partial charge in [-0.2, -0.15) is 0 Å². The van der Waals surface area contributed by atoms with Crippen LogP contribution >= 0.6 is 15.9 Å². The molecule has 0 radical (unpaired) electrons. The third kappa shape index (κ3) is 2.07. The molecular formula is C14H14BrNO. The average Bonchev–Trinajstić information content (AvgIpc) is 2.57. The second kappa shape index (κ2) is 4.49. The predicted molar refractivity (Wildman–Crippen MR) is 72.6 cm³/mol. The molecule has 3 heteroatoms. The number of benzene rings is 1. The molecule has 1 aromatic heterocycles. The van der Waals surface area contributed by atoms with Gasteiger partial charge in [-0.05, 0) is 47.8 Å². The van der Waals surface area contributed by atoms with Crippen LogP contribution in [0, 0.1) is 20.8 Å². The third-order valence-corrected chi connectivity index (χ3v) is 4.15. The van der Waals surface area contributed by atoms with E-state index in [0.717, 1.165) is 26.9 Å². The first-order chi connectivity index (χ1) is 8.02. The molecule has 0 aliphatic carbocycles. The van der Waals surface area contributed by atoms with Crippen LogP contribution in [0.4, 0.5) is 0 Å². The summed E-state index contributed by atoms with van der Waals surface area (Å²) in [7, 11) is 0. The molecule has 0 amide bonds. The Kier molecular flexibility index (Phi) is 3.20.